The molecule has 0 saturated heterocycles. The standard InChI is InChI=1S/C39H53N21O3/c1-36(2,3)23-19(17-40)29(59(51-23)34(62)55(13)14)49-47-21-25(38(7,8)9)53-57(27(21)42)31-44-32(46-33(61)45-31)58-28(43)22(26(54-58)39(10,11)12)48-50-30-20(18-41)24(37(4,5)6)52-60(30)35(63)56(15)16/h42-43H2,1-16H3,(H,44,45,46,61). The molecule has 0 radical (unpaired) electrons. The zero-order valence-corrected chi connectivity index (χ0v) is 38.4. The number of anilines is 2. The number of nitrogen functional groups attached to an aromatic ring is 2. The van der Waals surface area contributed by atoms with Crippen molar-refractivity contribution in [2.75, 3.05) is 39.7 Å². The summed E-state index contributed by atoms with van der Waals surface area (Å²) in [4.78, 5) is 41.8. The zero-order chi connectivity index (χ0) is 47.5. The van der Waals surface area contributed by atoms with E-state index in [1.807, 2.05) is 83.1 Å². The van der Waals surface area contributed by atoms with Crippen molar-refractivity contribution in [3.05, 3.63) is 33.9 Å². The zero-order valence-electron chi connectivity index (χ0n) is 38.4. The first-order chi connectivity index (χ1) is 28.9. The van der Waals surface area contributed by atoms with E-state index in [1.54, 1.807) is 0 Å². The highest BCUT2D eigenvalue weighted by Gasteiger charge is 2.34. The Morgan fingerprint density at radius 3 is 1.14 bits per heavy atom. The van der Waals surface area contributed by atoms with Crippen molar-refractivity contribution in [2.45, 2.75) is 105 Å². The smallest absolute Gasteiger partial charge is 0.346 e. The van der Waals surface area contributed by atoms with Crippen LogP contribution >= 0.6 is 0 Å². The second kappa shape index (κ2) is 16.0. The largest absolute Gasteiger partial charge is 0.479 e. The van der Waals surface area contributed by atoms with Crippen LogP contribution in [0.2, 0.25) is 0 Å². The van der Waals surface area contributed by atoms with Crippen LogP contribution in [0.25, 0.3) is 11.9 Å². The Hall–Kier alpha value is -7.63. The van der Waals surface area contributed by atoms with E-state index >= 15 is 0 Å². The van der Waals surface area contributed by atoms with Gasteiger partial charge >= 0.3 is 18.1 Å². The molecule has 5 rings (SSSR count). The van der Waals surface area contributed by atoms with Crippen LogP contribution in [-0.4, -0.2) is 109 Å². The van der Waals surface area contributed by atoms with Crippen molar-refractivity contribution in [3.8, 4) is 30.0 Å². The second-order valence-electron chi connectivity index (χ2n) is 19.1. The number of aromatic nitrogens is 11. The summed E-state index contributed by atoms with van der Waals surface area (Å²) >= 11 is 0. The highest BCUT2D eigenvalue weighted by Crippen LogP contribution is 2.41. The lowest BCUT2D eigenvalue weighted by atomic mass is 9.89. The van der Waals surface area contributed by atoms with E-state index in [1.165, 1.54) is 38.0 Å². The van der Waals surface area contributed by atoms with Gasteiger partial charge in [-0.15, -0.1) is 20.5 Å². The minimum absolute atomic E-state index is 0.0509. The molecule has 24 heteroatoms. The molecule has 0 fully saturated rings. The summed E-state index contributed by atoms with van der Waals surface area (Å²) in [5, 5.41) is 67.2. The van der Waals surface area contributed by atoms with Gasteiger partial charge in [-0.05, 0) is 0 Å². The number of hydrogen-bond acceptors (Lipinski definition) is 18. The molecule has 5 N–H and O–H groups in total. The Morgan fingerprint density at radius 2 is 0.873 bits per heavy atom. The average molecular weight is 864 g/mol. The molecule has 0 aliphatic rings. The third kappa shape index (κ3) is 8.77. The summed E-state index contributed by atoms with van der Waals surface area (Å²) in [6, 6.07) is 2.37. The minimum Gasteiger partial charge on any atom is -0.479 e. The number of aromatic hydroxyl groups is 1. The van der Waals surface area contributed by atoms with Gasteiger partial charge in [-0.3, -0.25) is 0 Å². The molecule has 0 bridgehead atoms. The Balaban J connectivity index is 1.70. The molecular weight excluding hydrogens is 811 g/mol. The number of rotatable bonds is 6. The third-order valence-corrected chi connectivity index (χ3v) is 9.17. The quantitative estimate of drug-likeness (QED) is 0.157. The maximum atomic E-state index is 13.2. The van der Waals surface area contributed by atoms with Gasteiger partial charge in [0.05, 0.1) is 22.8 Å². The lowest BCUT2D eigenvalue weighted by Crippen LogP contribution is -2.28. The molecule has 5 heterocycles. The van der Waals surface area contributed by atoms with Crippen LogP contribution < -0.4 is 11.5 Å². The molecule has 0 atom stereocenters. The molecule has 332 valence electrons. The first-order valence-electron chi connectivity index (χ1n) is 19.5. The molecule has 63 heavy (non-hydrogen) atoms. The number of nitrogens with two attached hydrogens (primary N) is 2. The van der Waals surface area contributed by atoms with Crippen LogP contribution in [0.1, 0.15) is 117 Å². The lowest BCUT2D eigenvalue weighted by Gasteiger charge is -2.15. The highest BCUT2D eigenvalue weighted by molar-refractivity contribution is 5.81. The molecule has 0 spiro atoms. The van der Waals surface area contributed by atoms with Gasteiger partial charge in [0.2, 0.25) is 11.6 Å². The molecule has 0 aliphatic heterocycles. The number of nitriles is 2. The summed E-state index contributed by atoms with van der Waals surface area (Å²) in [6.07, 6.45) is 0. The topological polar surface area (TPSA) is 320 Å². The summed E-state index contributed by atoms with van der Waals surface area (Å²) < 4.78 is 4.26. The van der Waals surface area contributed by atoms with E-state index in [-0.39, 0.29) is 57.7 Å². The predicted molar refractivity (Wildman–Crippen MR) is 231 cm³/mol. The van der Waals surface area contributed by atoms with Gasteiger partial charge in [-0.2, -0.15) is 64.6 Å². The summed E-state index contributed by atoms with van der Waals surface area (Å²) in [5.41, 5.74) is 12.3. The van der Waals surface area contributed by atoms with Gasteiger partial charge in [-0.25, -0.2) is 9.59 Å². The Labute approximate surface area is 364 Å². The van der Waals surface area contributed by atoms with Crippen LogP contribution in [0.15, 0.2) is 20.5 Å². The Kier molecular flexibility index (Phi) is 11.8. The summed E-state index contributed by atoms with van der Waals surface area (Å²) in [6.45, 7) is 22.2. The molecule has 5 aromatic rings. The Morgan fingerprint density at radius 1 is 0.556 bits per heavy atom. The Bertz CT molecular complexity index is 2590. The van der Waals surface area contributed by atoms with Crippen molar-refractivity contribution in [1.29, 1.82) is 10.5 Å². The van der Waals surface area contributed by atoms with Gasteiger partial charge in [0, 0.05) is 49.9 Å². The number of carbonyl (C=O) groups excluding carboxylic acids is 2. The van der Waals surface area contributed by atoms with Crippen LogP contribution in [0.5, 0.6) is 6.01 Å². The van der Waals surface area contributed by atoms with Crippen LogP contribution in [0.4, 0.5) is 44.2 Å². The third-order valence-electron chi connectivity index (χ3n) is 9.17. The number of nitrogens with zero attached hydrogens (tertiary/aromatic N) is 19. The molecule has 0 saturated carbocycles. The fourth-order valence-corrected chi connectivity index (χ4v) is 5.99. The second-order valence-corrected chi connectivity index (χ2v) is 19.1. The van der Waals surface area contributed by atoms with E-state index in [0.717, 1.165) is 18.7 Å². The van der Waals surface area contributed by atoms with Gasteiger partial charge in [-0.1, -0.05) is 83.1 Å². The van der Waals surface area contributed by atoms with Crippen molar-refractivity contribution in [1.82, 2.24) is 63.9 Å². The van der Waals surface area contributed by atoms with Crippen LogP contribution in [0.3, 0.4) is 0 Å². The van der Waals surface area contributed by atoms with Crippen molar-refractivity contribution >= 4 is 46.7 Å². The summed E-state index contributed by atoms with van der Waals surface area (Å²) in [7, 11) is 6.16. The number of amides is 2. The predicted octanol–water partition coefficient (Wildman–Crippen LogP) is 6.33. The van der Waals surface area contributed by atoms with E-state index < -0.39 is 39.7 Å². The van der Waals surface area contributed by atoms with E-state index in [9.17, 15) is 25.2 Å². The number of carbonyl (C=O) groups is 2. The van der Waals surface area contributed by atoms with Crippen molar-refractivity contribution in [3.63, 3.8) is 0 Å². The lowest BCUT2D eigenvalue weighted by molar-refractivity contribution is 0.215. The highest BCUT2D eigenvalue weighted by atomic mass is 16.3. The van der Waals surface area contributed by atoms with E-state index in [0.29, 0.717) is 22.8 Å². The van der Waals surface area contributed by atoms with Crippen LogP contribution in [0, 0.1) is 22.7 Å². The maximum Gasteiger partial charge on any atom is 0.346 e. The normalized spacial score (nSPS) is 12.6. The van der Waals surface area contributed by atoms with E-state index in [4.69, 9.17) is 11.5 Å². The first kappa shape index (κ1) is 46.4. The molecule has 0 aliphatic carbocycles. The monoisotopic (exact) mass is 863 g/mol. The van der Waals surface area contributed by atoms with Crippen molar-refractivity contribution in [2.24, 2.45) is 20.5 Å². The SMILES string of the molecule is CN(C)C(=O)n1nc(C(C)(C)C)c(C#N)c1N=Nc1c(C(C)(C)C)nn(-c2nc(O)nc(-n3nc(C(C)(C)C)c(N=Nc4c(C#N)c(C(C)(C)C)nn4C(=O)N(C)C)c3N)n2)c1N. The van der Waals surface area contributed by atoms with Gasteiger partial charge < -0.3 is 26.4 Å². The van der Waals surface area contributed by atoms with Gasteiger partial charge in [0.25, 0.3) is 11.9 Å². The summed E-state index contributed by atoms with van der Waals surface area (Å²) in [5.74, 6) is -1.00. The fourth-order valence-electron chi connectivity index (χ4n) is 5.99. The van der Waals surface area contributed by atoms with E-state index in [2.05, 4.69) is 67.9 Å². The van der Waals surface area contributed by atoms with Gasteiger partial charge in [0.15, 0.2) is 23.0 Å². The minimum atomic E-state index is -0.750. The molecule has 0 unspecified atom stereocenters. The maximum absolute atomic E-state index is 13.2. The van der Waals surface area contributed by atoms with Crippen molar-refractivity contribution < 1.29 is 14.7 Å². The van der Waals surface area contributed by atoms with Crippen LogP contribution in [-0.2, 0) is 21.7 Å². The first-order valence-corrected chi connectivity index (χ1v) is 19.5. The molecule has 24 nitrogen and oxygen atoms in total. The molecule has 0 aromatic carbocycles. The van der Waals surface area contributed by atoms with Gasteiger partial charge in [0.1, 0.15) is 23.3 Å². The number of azo groups is 2. The molecular formula is C39H53N21O3. The number of hydrogen-bond donors (Lipinski definition) is 3. The fraction of sp³-hybridized carbons (Fsp3) is 0.513. The molecule has 5 aromatic heterocycles. The molecule has 2 amide bonds. The average Bonchev–Trinajstić information content (AvgIpc) is 3.91.